The molecule has 2 aromatic carbocycles. The molecule has 2 fully saturated rings. The Kier molecular flexibility index (Phi) is 9.12. The largest absolute Gasteiger partial charge is 0.492 e. The molecule has 0 aliphatic carbocycles. The van der Waals surface area contributed by atoms with Crippen LogP contribution in [0.3, 0.4) is 0 Å². The fraction of sp³-hybridized carbons (Fsp3) is 0.480. The summed E-state index contributed by atoms with van der Waals surface area (Å²) < 4.78 is 59.6. The van der Waals surface area contributed by atoms with Crippen molar-refractivity contribution in [1.82, 2.24) is 13.9 Å². The molecule has 0 saturated carbocycles. The fourth-order valence-corrected chi connectivity index (χ4v) is 7.94. The van der Waals surface area contributed by atoms with Gasteiger partial charge in [-0.15, -0.1) is 0 Å². The quantitative estimate of drug-likeness (QED) is 0.440. The molecule has 1 atom stereocenters. The van der Waals surface area contributed by atoms with Gasteiger partial charge in [-0.3, -0.25) is 4.79 Å². The molecule has 2 heterocycles. The van der Waals surface area contributed by atoms with Crippen LogP contribution in [0, 0.1) is 5.92 Å². The second-order valence-corrected chi connectivity index (χ2v) is 13.6. The first-order valence-corrected chi connectivity index (χ1v) is 15.8. The van der Waals surface area contributed by atoms with Gasteiger partial charge >= 0.3 is 0 Å². The number of benzene rings is 2. The lowest BCUT2D eigenvalue weighted by Crippen LogP contribution is -2.46. The van der Waals surface area contributed by atoms with Crippen LogP contribution in [0.25, 0.3) is 0 Å². The highest BCUT2D eigenvalue weighted by Gasteiger charge is 2.32. The van der Waals surface area contributed by atoms with Gasteiger partial charge in [-0.05, 0) is 67.6 Å². The van der Waals surface area contributed by atoms with Crippen molar-refractivity contribution >= 4 is 37.6 Å². The minimum absolute atomic E-state index is 0.141. The van der Waals surface area contributed by atoms with E-state index in [0.29, 0.717) is 48.8 Å². The number of amides is 1. The third-order valence-corrected chi connectivity index (χ3v) is 10.5. The number of nitrogens with zero attached hydrogens (tertiary/aromatic N) is 2. The summed E-state index contributed by atoms with van der Waals surface area (Å²) in [5.41, 5.74) is 0.609. The van der Waals surface area contributed by atoms with Crippen molar-refractivity contribution in [3.8, 4) is 5.75 Å². The average molecular weight is 570 g/mol. The number of rotatable bonds is 10. The molecule has 9 nitrogen and oxygen atoms in total. The molecule has 202 valence electrons. The van der Waals surface area contributed by atoms with E-state index in [0.717, 1.165) is 12.8 Å². The van der Waals surface area contributed by atoms with Gasteiger partial charge in [-0.2, -0.15) is 4.31 Å². The summed E-state index contributed by atoms with van der Waals surface area (Å²) in [6.45, 7) is 2.08. The second kappa shape index (κ2) is 12.1. The zero-order chi connectivity index (χ0) is 26.5. The van der Waals surface area contributed by atoms with Crippen LogP contribution in [-0.2, 0) is 30.6 Å². The Balaban J connectivity index is 1.23. The van der Waals surface area contributed by atoms with Crippen LogP contribution in [0.5, 0.6) is 5.75 Å². The predicted molar refractivity (Wildman–Crippen MR) is 141 cm³/mol. The molecule has 1 amide bonds. The minimum Gasteiger partial charge on any atom is -0.492 e. The van der Waals surface area contributed by atoms with Crippen LogP contribution in [0.1, 0.15) is 31.2 Å². The Labute approximate surface area is 223 Å². The first kappa shape index (κ1) is 27.8. The number of sulfonamides is 2. The Hall–Kier alpha value is -2.18. The van der Waals surface area contributed by atoms with E-state index in [1.807, 2.05) is 0 Å². The third-order valence-electron chi connectivity index (χ3n) is 6.58. The van der Waals surface area contributed by atoms with E-state index < -0.39 is 26.0 Å². The van der Waals surface area contributed by atoms with E-state index in [-0.39, 0.29) is 36.3 Å². The molecular formula is C25H32ClN3O6S2. The number of hydrogen-bond donors (Lipinski definition) is 1. The van der Waals surface area contributed by atoms with E-state index in [9.17, 15) is 21.6 Å². The van der Waals surface area contributed by atoms with Crippen LogP contribution < -0.4 is 10.1 Å². The van der Waals surface area contributed by atoms with Gasteiger partial charge in [-0.1, -0.05) is 23.7 Å². The van der Waals surface area contributed by atoms with Gasteiger partial charge in [0.15, 0.2) is 0 Å². The number of piperidine rings is 1. The SMILES string of the molecule is O=C(NCCOc1ccc(S(=O)(=O)N2CCCC2)cc1)C1CCCN(S(=O)(=O)Cc2cccc(Cl)c2)C1. The minimum atomic E-state index is -3.58. The Bertz CT molecular complexity index is 1300. The summed E-state index contributed by atoms with van der Waals surface area (Å²) in [5, 5.41) is 3.30. The van der Waals surface area contributed by atoms with Crippen molar-refractivity contribution in [2.45, 2.75) is 36.3 Å². The van der Waals surface area contributed by atoms with Crippen LogP contribution in [0.4, 0.5) is 0 Å². The van der Waals surface area contributed by atoms with Crippen molar-refractivity contribution in [2.75, 3.05) is 39.3 Å². The summed E-state index contributed by atoms with van der Waals surface area (Å²) in [6, 6.07) is 13.0. The van der Waals surface area contributed by atoms with Crippen LogP contribution >= 0.6 is 11.6 Å². The standard InChI is InChI=1S/C25H32ClN3O6S2/c26-22-7-3-5-20(17-22)19-36(31,32)29-15-4-6-21(18-29)25(30)27-12-16-35-23-8-10-24(11-9-23)37(33,34)28-13-1-2-14-28/h3,5,7-11,17,21H,1-2,4,6,12-16,18-19H2,(H,27,30). The third kappa shape index (κ3) is 7.23. The van der Waals surface area contributed by atoms with Gasteiger partial charge in [0.1, 0.15) is 12.4 Å². The smallest absolute Gasteiger partial charge is 0.243 e. The normalized spacial score (nSPS) is 19.5. The van der Waals surface area contributed by atoms with Gasteiger partial charge in [-0.25, -0.2) is 21.1 Å². The molecule has 4 rings (SSSR count). The highest BCUT2D eigenvalue weighted by molar-refractivity contribution is 7.89. The maximum atomic E-state index is 12.9. The molecule has 1 N–H and O–H groups in total. The van der Waals surface area contributed by atoms with Crippen LogP contribution in [0.15, 0.2) is 53.4 Å². The van der Waals surface area contributed by atoms with Gasteiger partial charge < -0.3 is 10.1 Å². The van der Waals surface area contributed by atoms with Gasteiger partial charge in [0.2, 0.25) is 26.0 Å². The zero-order valence-electron chi connectivity index (χ0n) is 20.5. The average Bonchev–Trinajstić information content (AvgIpc) is 3.43. The van der Waals surface area contributed by atoms with Crippen molar-refractivity contribution < 1.29 is 26.4 Å². The van der Waals surface area contributed by atoms with Crippen molar-refractivity contribution in [2.24, 2.45) is 5.92 Å². The summed E-state index contributed by atoms with van der Waals surface area (Å²) in [5.74, 6) is -0.296. The number of hydrogen-bond acceptors (Lipinski definition) is 6. The molecule has 2 aromatic rings. The Morgan fingerprint density at radius 2 is 1.68 bits per heavy atom. The van der Waals surface area contributed by atoms with Crippen molar-refractivity contribution in [3.63, 3.8) is 0 Å². The lowest BCUT2D eigenvalue weighted by molar-refractivity contribution is -0.126. The van der Waals surface area contributed by atoms with E-state index in [4.69, 9.17) is 16.3 Å². The first-order valence-electron chi connectivity index (χ1n) is 12.4. The topological polar surface area (TPSA) is 113 Å². The Morgan fingerprint density at radius 1 is 0.973 bits per heavy atom. The van der Waals surface area contributed by atoms with Crippen molar-refractivity contribution in [3.05, 3.63) is 59.1 Å². The number of carbonyl (C=O) groups excluding carboxylic acids is 1. The second-order valence-electron chi connectivity index (χ2n) is 9.31. The first-order chi connectivity index (χ1) is 17.6. The summed E-state index contributed by atoms with van der Waals surface area (Å²) in [4.78, 5) is 12.9. The summed E-state index contributed by atoms with van der Waals surface area (Å²) in [7, 11) is -7.05. The monoisotopic (exact) mass is 569 g/mol. The Morgan fingerprint density at radius 3 is 2.38 bits per heavy atom. The lowest BCUT2D eigenvalue weighted by atomic mass is 9.99. The molecule has 0 spiro atoms. The highest BCUT2D eigenvalue weighted by Crippen LogP contribution is 2.24. The summed E-state index contributed by atoms with van der Waals surface area (Å²) >= 11 is 5.98. The predicted octanol–water partition coefficient (Wildman–Crippen LogP) is 2.86. The summed E-state index contributed by atoms with van der Waals surface area (Å²) in [6.07, 6.45) is 2.98. The molecule has 0 bridgehead atoms. The molecule has 1 unspecified atom stereocenters. The molecular weight excluding hydrogens is 538 g/mol. The van der Waals surface area contributed by atoms with Gasteiger partial charge in [0.25, 0.3) is 0 Å². The van der Waals surface area contributed by atoms with Gasteiger partial charge in [0, 0.05) is 31.2 Å². The number of nitrogens with one attached hydrogen (secondary N) is 1. The molecule has 37 heavy (non-hydrogen) atoms. The number of carbonyl (C=O) groups is 1. The number of ether oxygens (including phenoxy) is 1. The molecule has 2 aliphatic heterocycles. The molecule has 2 saturated heterocycles. The van der Waals surface area contributed by atoms with Crippen LogP contribution in [0.2, 0.25) is 5.02 Å². The maximum absolute atomic E-state index is 12.9. The molecule has 0 aromatic heterocycles. The van der Waals surface area contributed by atoms with E-state index in [1.165, 1.54) is 20.7 Å². The maximum Gasteiger partial charge on any atom is 0.243 e. The molecule has 2 aliphatic rings. The highest BCUT2D eigenvalue weighted by atomic mass is 35.5. The van der Waals surface area contributed by atoms with Crippen molar-refractivity contribution in [1.29, 1.82) is 0 Å². The van der Waals surface area contributed by atoms with E-state index in [1.54, 1.807) is 36.4 Å². The lowest BCUT2D eigenvalue weighted by Gasteiger charge is -2.31. The van der Waals surface area contributed by atoms with Gasteiger partial charge in [0.05, 0.1) is 23.1 Å². The van der Waals surface area contributed by atoms with E-state index >= 15 is 0 Å². The molecule has 0 radical (unpaired) electrons. The van der Waals surface area contributed by atoms with Crippen LogP contribution in [-0.4, -0.2) is 70.7 Å². The zero-order valence-corrected chi connectivity index (χ0v) is 22.9. The molecule has 12 heteroatoms. The fourth-order valence-electron chi connectivity index (χ4n) is 4.61. The number of halogens is 1. The van der Waals surface area contributed by atoms with E-state index in [2.05, 4.69) is 5.32 Å².